The van der Waals surface area contributed by atoms with Gasteiger partial charge in [-0.3, -0.25) is 4.79 Å². The second-order valence-corrected chi connectivity index (χ2v) is 8.04. The van der Waals surface area contributed by atoms with Gasteiger partial charge in [-0.2, -0.15) is 10.2 Å². The monoisotopic (exact) mass is 446 g/mol. The average molecular weight is 446 g/mol. The van der Waals surface area contributed by atoms with Crippen LogP contribution in [0.2, 0.25) is 0 Å². The third-order valence-corrected chi connectivity index (χ3v) is 6.03. The van der Waals surface area contributed by atoms with Gasteiger partial charge in [0.15, 0.2) is 12.4 Å². The summed E-state index contributed by atoms with van der Waals surface area (Å²) in [7, 11) is 0. The number of amides is 1. The Labute approximate surface area is 190 Å². The first-order valence-electron chi connectivity index (χ1n) is 10.9. The Morgan fingerprint density at radius 2 is 1.94 bits per heavy atom. The maximum absolute atomic E-state index is 12.6. The summed E-state index contributed by atoms with van der Waals surface area (Å²) in [4.78, 5) is 32.7. The Morgan fingerprint density at radius 1 is 1.12 bits per heavy atom. The van der Waals surface area contributed by atoms with Gasteiger partial charge in [0.1, 0.15) is 6.07 Å². The van der Waals surface area contributed by atoms with Crippen molar-refractivity contribution < 1.29 is 23.2 Å². The number of hydrogen-bond donors (Lipinski definition) is 0. The molecule has 1 aliphatic heterocycles. The summed E-state index contributed by atoms with van der Waals surface area (Å²) in [5.74, 6) is 0.306. The van der Waals surface area contributed by atoms with Crippen molar-refractivity contribution >= 4 is 17.8 Å². The predicted octanol–water partition coefficient (Wildman–Crippen LogP) is 2.80. The van der Waals surface area contributed by atoms with Gasteiger partial charge in [-0.1, -0.05) is 6.07 Å². The Hall–Kier alpha value is -4.06. The van der Waals surface area contributed by atoms with Crippen molar-refractivity contribution in [3.63, 3.8) is 0 Å². The second kappa shape index (κ2) is 8.82. The van der Waals surface area contributed by atoms with E-state index in [-0.39, 0.29) is 24.1 Å². The first-order chi connectivity index (χ1) is 16.1. The summed E-state index contributed by atoms with van der Waals surface area (Å²) in [6.45, 7) is 1.45. The number of aromatic nitrogens is 1. The normalized spacial score (nSPS) is 15.2. The highest BCUT2D eigenvalue weighted by molar-refractivity contribution is 5.91. The Balaban J connectivity index is 1.16. The molecule has 5 rings (SSSR count). The number of aryl methyl sites for hydroxylation is 2. The van der Waals surface area contributed by atoms with Gasteiger partial charge in [0, 0.05) is 26.2 Å². The number of nitriles is 1. The lowest BCUT2D eigenvalue weighted by molar-refractivity contribution is -0.134. The van der Waals surface area contributed by atoms with Gasteiger partial charge in [-0.15, -0.1) is 0 Å². The van der Waals surface area contributed by atoms with Crippen LogP contribution in [-0.4, -0.2) is 54.5 Å². The molecule has 2 aromatic heterocycles. The number of carbonyl (C=O) groups is 2. The van der Waals surface area contributed by atoms with Crippen LogP contribution in [0.15, 0.2) is 45.4 Å². The fraction of sp³-hybridized carbons (Fsp3) is 0.333. The second-order valence-electron chi connectivity index (χ2n) is 8.04. The molecule has 168 valence electrons. The van der Waals surface area contributed by atoms with Gasteiger partial charge in [0.2, 0.25) is 11.6 Å². The highest BCUT2D eigenvalue weighted by Crippen LogP contribution is 2.29. The number of anilines is 1. The number of benzene rings is 1. The molecule has 1 saturated heterocycles. The standard InChI is InChI=1S/C24H22N4O5/c25-14-19-23(33-22(26-19)20-5-2-12-31-20)28-10-8-27(9-11-28)21(29)15-32-24(30)18-7-6-16-3-1-4-17(16)13-18/h2,5-7,12-13H,1,3-4,8-11,15H2. The maximum Gasteiger partial charge on any atom is 0.338 e. The summed E-state index contributed by atoms with van der Waals surface area (Å²) in [6.07, 6.45) is 4.63. The molecule has 0 atom stereocenters. The molecule has 0 radical (unpaired) electrons. The molecule has 1 amide bonds. The van der Waals surface area contributed by atoms with Crippen molar-refractivity contribution in [3.05, 3.63) is 59.0 Å². The molecule has 1 fully saturated rings. The molecule has 3 heterocycles. The lowest BCUT2D eigenvalue weighted by Crippen LogP contribution is -2.50. The number of esters is 1. The summed E-state index contributed by atoms with van der Waals surface area (Å²) in [6, 6.07) is 11.1. The minimum atomic E-state index is -0.484. The van der Waals surface area contributed by atoms with E-state index in [1.807, 2.05) is 23.1 Å². The quantitative estimate of drug-likeness (QED) is 0.550. The van der Waals surface area contributed by atoms with Crippen LogP contribution in [-0.2, 0) is 22.4 Å². The van der Waals surface area contributed by atoms with Gasteiger partial charge in [-0.25, -0.2) is 4.79 Å². The Kier molecular flexibility index (Phi) is 5.57. The topological polar surface area (TPSA) is 113 Å². The van der Waals surface area contributed by atoms with E-state index in [4.69, 9.17) is 13.6 Å². The molecule has 1 aromatic carbocycles. The third kappa shape index (κ3) is 4.20. The van der Waals surface area contributed by atoms with E-state index in [9.17, 15) is 14.9 Å². The molecule has 33 heavy (non-hydrogen) atoms. The smallest absolute Gasteiger partial charge is 0.338 e. The lowest BCUT2D eigenvalue weighted by Gasteiger charge is -2.34. The van der Waals surface area contributed by atoms with E-state index in [0.717, 1.165) is 19.3 Å². The van der Waals surface area contributed by atoms with Crippen LogP contribution in [0.3, 0.4) is 0 Å². The van der Waals surface area contributed by atoms with Gasteiger partial charge in [0.05, 0.1) is 11.8 Å². The lowest BCUT2D eigenvalue weighted by atomic mass is 10.1. The molecule has 0 spiro atoms. The zero-order valence-corrected chi connectivity index (χ0v) is 18.0. The predicted molar refractivity (Wildman–Crippen MR) is 116 cm³/mol. The van der Waals surface area contributed by atoms with Crippen LogP contribution in [0, 0.1) is 11.3 Å². The Bertz CT molecular complexity index is 1220. The van der Waals surface area contributed by atoms with E-state index >= 15 is 0 Å². The minimum absolute atomic E-state index is 0.171. The van der Waals surface area contributed by atoms with Crippen molar-refractivity contribution in [1.82, 2.24) is 9.88 Å². The van der Waals surface area contributed by atoms with E-state index in [2.05, 4.69) is 4.98 Å². The zero-order chi connectivity index (χ0) is 22.8. The van der Waals surface area contributed by atoms with E-state index < -0.39 is 5.97 Å². The number of ether oxygens (including phenoxy) is 1. The number of hydrogen-bond acceptors (Lipinski definition) is 8. The highest BCUT2D eigenvalue weighted by Gasteiger charge is 2.27. The van der Waals surface area contributed by atoms with Crippen LogP contribution in [0.1, 0.15) is 33.6 Å². The summed E-state index contributed by atoms with van der Waals surface area (Å²) >= 11 is 0. The van der Waals surface area contributed by atoms with Crippen LogP contribution in [0.5, 0.6) is 0 Å². The van der Waals surface area contributed by atoms with Crippen LogP contribution < -0.4 is 4.90 Å². The summed E-state index contributed by atoms with van der Waals surface area (Å²) < 4.78 is 16.3. The number of furan rings is 1. The van der Waals surface area contributed by atoms with Gasteiger partial charge < -0.3 is 23.4 Å². The first-order valence-corrected chi connectivity index (χ1v) is 10.9. The first kappa shape index (κ1) is 20.8. The molecular weight excluding hydrogens is 424 g/mol. The molecule has 9 heteroatoms. The average Bonchev–Trinajstić information content (AvgIpc) is 3.61. The van der Waals surface area contributed by atoms with Crippen molar-refractivity contribution in [1.29, 1.82) is 5.26 Å². The largest absolute Gasteiger partial charge is 0.459 e. The number of nitrogens with zero attached hydrogens (tertiary/aromatic N) is 4. The zero-order valence-electron chi connectivity index (χ0n) is 18.0. The van der Waals surface area contributed by atoms with Crippen LogP contribution >= 0.6 is 0 Å². The maximum atomic E-state index is 12.6. The molecule has 3 aromatic rings. The summed E-state index contributed by atoms with van der Waals surface area (Å²) in [5.41, 5.74) is 3.12. The van der Waals surface area contributed by atoms with Gasteiger partial charge in [0.25, 0.3) is 11.8 Å². The fourth-order valence-corrected chi connectivity index (χ4v) is 4.26. The molecule has 0 unspecified atom stereocenters. The van der Waals surface area contributed by atoms with Crippen molar-refractivity contribution in [3.8, 4) is 17.7 Å². The molecule has 0 saturated carbocycles. The molecule has 0 bridgehead atoms. The Morgan fingerprint density at radius 3 is 2.70 bits per heavy atom. The fourth-order valence-electron chi connectivity index (χ4n) is 4.26. The van der Waals surface area contributed by atoms with Crippen molar-refractivity contribution in [2.75, 3.05) is 37.7 Å². The van der Waals surface area contributed by atoms with Gasteiger partial charge >= 0.3 is 5.97 Å². The van der Waals surface area contributed by atoms with Crippen LogP contribution in [0.4, 0.5) is 5.88 Å². The molecule has 1 aliphatic carbocycles. The van der Waals surface area contributed by atoms with E-state index in [0.29, 0.717) is 43.4 Å². The molecule has 9 nitrogen and oxygen atoms in total. The van der Waals surface area contributed by atoms with E-state index in [1.165, 1.54) is 17.4 Å². The van der Waals surface area contributed by atoms with Crippen molar-refractivity contribution in [2.45, 2.75) is 19.3 Å². The third-order valence-electron chi connectivity index (χ3n) is 6.03. The summed E-state index contributed by atoms with van der Waals surface area (Å²) in [5, 5.41) is 9.42. The number of piperazine rings is 1. The number of fused-ring (bicyclic) bond motifs is 1. The minimum Gasteiger partial charge on any atom is -0.459 e. The molecule has 2 aliphatic rings. The highest BCUT2D eigenvalue weighted by atomic mass is 16.5. The number of carbonyl (C=O) groups excluding carboxylic acids is 2. The van der Waals surface area contributed by atoms with Crippen molar-refractivity contribution in [2.24, 2.45) is 0 Å². The van der Waals surface area contributed by atoms with Gasteiger partial charge in [-0.05, 0) is 54.7 Å². The SMILES string of the molecule is N#Cc1nc(-c2ccco2)oc1N1CCN(C(=O)COC(=O)c2ccc3c(c2)CCC3)CC1. The van der Waals surface area contributed by atoms with E-state index in [1.54, 1.807) is 23.1 Å². The number of oxazole rings is 1. The molecular formula is C24H22N4O5. The molecule has 0 N–H and O–H groups in total. The van der Waals surface area contributed by atoms with Crippen LogP contribution in [0.25, 0.3) is 11.7 Å². The number of rotatable bonds is 5.